The highest BCUT2D eigenvalue weighted by atomic mass is 19.4. The number of halogens is 6. The Morgan fingerprint density at radius 3 is 2.20 bits per heavy atom. The Balaban J connectivity index is 1.89. The lowest BCUT2D eigenvalue weighted by molar-refractivity contribution is -0.301. The Hall–Kier alpha value is -3.05. The van der Waals surface area contributed by atoms with Gasteiger partial charge >= 0.3 is 18.0 Å². The van der Waals surface area contributed by atoms with Crippen LogP contribution in [0.15, 0.2) is 44.9 Å². The molecule has 1 aromatic carbocycles. The second-order valence-corrected chi connectivity index (χ2v) is 8.99. The van der Waals surface area contributed by atoms with Gasteiger partial charge in [-0.15, -0.1) is 0 Å². The van der Waals surface area contributed by atoms with Crippen LogP contribution in [0.25, 0.3) is 0 Å². The zero-order chi connectivity index (χ0) is 25.4. The number of aliphatic imine (C=N–C) groups is 1. The van der Waals surface area contributed by atoms with E-state index in [1.54, 1.807) is 35.3 Å². The van der Waals surface area contributed by atoms with Crippen LogP contribution in [0.2, 0.25) is 0 Å². The number of aromatic nitrogens is 2. The minimum Gasteiger partial charge on any atom is -0.330 e. The van der Waals surface area contributed by atoms with Gasteiger partial charge < -0.3 is 5.32 Å². The summed E-state index contributed by atoms with van der Waals surface area (Å²) in [7, 11) is 0. The van der Waals surface area contributed by atoms with E-state index in [2.05, 4.69) is 10.3 Å². The molecule has 35 heavy (non-hydrogen) atoms. The van der Waals surface area contributed by atoms with Gasteiger partial charge in [0.25, 0.3) is 11.1 Å². The maximum absolute atomic E-state index is 14.3. The fourth-order valence-electron chi connectivity index (χ4n) is 4.88. The van der Waals surface area contributed by atoms with Crippen molar-refractivity contribution in [2.24, 2.45) is 10.9 Å². The molecule has 0 spiro atoms. The summed E-state index contributed by atoms with van der Waals surface area (Å²) < 4.78 is 86.4. The average Bonchev–Trinajstić information content (AvgIpc) is 2.79. The van der Waals surface area contributed by atoms with Crippen molar-refractivity contribution in [1.29, 1.82) is 0 Å². The molecular weight excluding hydrogens is 478 g/mol. The molecule has 1 fully saturated rings. The van der Waals surface area contributed by atoms with Gasteiger partial charge in [-0.3, -0.25) is 14.3 Å². The molecule has 0 saturated heterocycles. The number of nitrogens with zero attached hydrogens (tertiary/aromatic N) is 2. The number of benzene rings is 1. The van der Waals surface area contributed by atoms with Crippen LogP contribution in [-0.2, 0) is 12.1 Å². The SMILES string of the molecule is O=c1[nH]c(=O)n(Cc2ccccc2)c2c1C(C(F)(F)F)(C(F)(F)F)N=C(CCC1CCCCC1)N2. The summed E-state index contributed by atoms with van der Waals surface area (Å²) in [5.41, 5.74) is -8.96. The van der Waals surface area contributed by atoms with E-state index in [9.17, 15) is 35.9 Å². The van der Waals surface area contributed by atoms with Gasteiger partial charge in [0.2, 0.25) is 0 Å². The zero-order valence-electron chi connectivity index (χ0n) is 18.6. The number of H-pyrrole nitrogens is 1. The monoisotopic (exact) mass is 502 g/mol. The van der Waals surface area contributed by atoms with Crippen molar-refractivity contribution in [1.82, 2.24) is 9.55 Å². The van der Waals surface area contributed by atoms with Gasteiger partial charge in [0.05, 0.1) is 6.54 Å². The molecule has 0 radical (unpaired) electrons. The van der Waals surface area contributed by atoms with Crippen molar-refractivity contribution < 1.29 is 26.3 Å². The number of amidine groups is 1. The number of hydrogen-bond donors (Lipinski definition) is 2. The van der Waals surface area contributed by atoms with Gasteiger partial charge in [-0.1, -0.05) is 62.4 Å². The molecule has 12 heteroatoms. The Kier molecular flexibility index (Phi) is 6.58. The van der Waals surface area contributed by atoms with Gasteiger partial charge in [0.1, 0.15) is 17.2 Å². The van der Waals surface area contributed by atoms with E-state index < -0.39 is 46.4 Å². The molecule has 0 atom stereocenters. The van der Waals surface area contributed by atoms with Crippen molar-refractivity contribution in [3.05, 3.63) is 62.3 Å². The lowest BCUT2D eigenvalue weighted by atomic mass is 9.85. The van der Waals surface area contributed by atoms with Crippen LogP contribution in [0, 0.1) is 5.92 Å². The molecular formula is C23H24F6N4O2. The Morgan fingerprint density at radius 1 is 0.971 bits per heavy atom. The fourth-order valence-corrected chi connectivity index (χ4v) is 4.88. The molecule has 190 valence electrons. The summed E-state index contributed by atoms with van der Waals surface area (Å²) in [5, 5.41) is 2.50. The quantitative estimate of drug-likeness (QED) is 0.559. The van der Waals surface area contributed by atoms with Crippen LogP contribution in [-0.4, -0.2) is 27.7 Å². The van der Waals surface area contributed by atoms with Crippen molar-refractivity contribution in [2.45, 2.75) is 69.4 Å². The first-order valence-electron chi connectivity index (χ1n) is 11.3. The van der Waals surface area contributed by atoms with Crippen LogP contribution in [0.4, 0.5) is 32.2 Å². The lowest BCUT2D eigenvalue weighted by Gasteiger charge is -2.39. The van der Waals surface area contributed by atoms with Crippen LogP contribution < -0.4 is 16.6 Å². The first kappa shape index (κ1) is 25.1. The van der Waals surface area contributed by atoms with Crippen LogP contribution in [0.5, 0.6) is 0 Å². The van der Waals surface area contributed by atoms with Gasteiger partial charge in [0.15, 0.2) is 0 Å². The number of fused-ring (bicyclic) bond motifs is 1. The molecule has 0 unspecified atom stereocenters. The average molecular weight is 502 g/mol. The largest absolute Gasteiger partial charge is 0.427 e. The number of hydrogen-bond acceptors (Lipinski definition) is 4. The van der Waals surface area contributed by atoms with Gasteiger partial charge in [-0.25, -0.2) is 9.79 Å². The van der Waals surface area contributed by atoms with Crippen LogP contribution in [0.1, 0.15) is 56.1 Å². The van der Waals surface area contributed by atoms with Crippen molar-refractivity contribution >= 4 is 11.7 Å². The van der Waals surface area contributed by atoms with Crippen molar-refractivity contribution in [3.63, 3.8) is 0 Å². The highest BCUT2D eigenvalue weighted by Gasteiger charge is 2.75. The summed E-state index contributed by atoms with van der Waals surface area (Å²) in [6.07, 6.45) is -7.17. The molecule has 6 nitrogen and oxygen atoms in total. The third kappa shape index (κ3) is 4.62. The number of rotatable bonds is 5. The van der Waals surface area contributed by atoms with E-state index >= 15 is 0 Å². The second-order valence-electron chi connectivity index (χ2n) is 8.99. The minimum absolute atomic E-state index is 0.159. The molecule has 2 aliphatic rings. The predicted octanol–water partition coefficient (Wildman–Crippen LogP) is 5.09. The van der Waals surface area contributed by atoms with Gasteiger partial charge in [-0.2, -0.15) is 26.3 Å². The summed E-state index contributed by atoms with van der Waals surface area (Å²) in [5.74, 6) is -1.23. The summed E-state index contributed by atoms with van der Waals surface area (Å²) >= 11 is 0. The molecule has 2 aromatic rings. The number of aromatic amines is 1. The molecule has 1 aliphatic carbocycles. The van der Waals surface area contributed by atoms with Crippen molar-refractivity contribution in [2.75, 3.05) is 5.32 Å². The first-order chi connectivity index (χ1) is 16.4. The van der Waals surface area contributed by atoms with E-state index in [4.69, 9.17) is 0 Å². The van der Waals surface area contributed by atoms with E-state index in [-0.39, 0.29) is 18.9 Å². The number of alkyl halides is 6. The predicted molar refractivity (Wildman–Crippen MR) is 118 cm³/mol. The Morgan fingerprint density at radius 2 is 1.60 bits per heavy atom. The maximum Gasteiger partial charge on any atom is 0.427 e. The summed E-state index contributed by atoms with van der Waals surface area (Å²) in [4.78, 5) is 29.9. The molecule has 2 N–H and O–H groups in total. The number of anilines is 1. The van der Waals surface area contributed by atoms with E-state index in [0.717, 1.165) is 32.1 Å². The minimum atomic E-state index is -5.99. The molecule has 1 aliphatic heterocycles. The Labute approximate surface area is 196 Å². The molecule has 4 rings (SSSR count). The lowest BCUT2D eigenvalue weighted by Crippen LogP contribution is -2.59. The normalized spacial score (nSPS) is 18.5. The highest BCUT2D eigenvalue weighted by Crippen LogP contribution is 2.55. The number of nitrogens with one attached hydrogen (secondary N) is 2. The Bertz CT molecular complexity index is 1190. The van der Waals surface area contributed by atoms with Crippen LogP contribution >= 0.6 is 0 Å². The smallest absolute Gasteiger partial charge is 0.330 e. The summed E-state index contributed by atoms with van der Waals surface area (Å²) in [6.45, 7) is -0.354. The summed E-state index contributed by atoms with van der Waals surface area (Å²) in [6, 6.07) is 8.01. The van der Waals surface area contributed by atoms with Crippen LogP contribution in [0.3, 0.4) is 0 Å². The third-order valence-corrected chi connectivity index (χ3v) is 6.64. The van der Waals surface area contributed by atoms with Gasteiger partial charge in [-0.05, 0) is 17.9 Å². The second kappa shape index (κ2) is 9.19. The molecule has 1 saturated carbocycles. The molecule has 1 aromatic heterocycles. The molecule has 0 bridgehead atoms. The first-order valence-corrected chi connectivity index (χ1v) is 11.3. The molecule has 2 heterocycles. The standard InChI is InChI=1S/C23H24F6N4O2/c24-22(25,26)21(23(27,28)29)17-18(30-16(32-21)12-11-14-7-3-1-4-8-14)33(20(35)31-19(17)34)13-15-9-5-2-6-10-15/h2,5-6,9-10,14H,1,3-4,7-8,11-13H2,(H,30,32)(H,31,34,35). The van der Waals surface area contributed by atoms with Crippen molar-refractivity contribution in [3.8, 4) is 0 Å². The topological polar surface area (TPSA) is 79.2 Å². The zero-order valence-corrected chi connectivity index (χ0v) is 18.6. The van der Waals surface area contributed by atoms with E-state index in [1.807, 2.05) is 0 Å². The molecule has 0 amide bonds. The third-order valence-electron chi connectivity index (χ3n) is 6.64. The van der Waals surface area contributed by atoms with E-state index in [1.165, 1.54) is 0 Å². The highest BCUT2D eigenvalue weighted by molar-refractivity contribution is 5.97. The van der Waals surface area contributed by atoms with E-state index in [0.29, 0.717) is 16.6 Å². The maximum atomic E-state index is 14.3. The van der Waals surface area contributed by atoms with Gasteiger partial charge in [0, 0.05) is 6.42 Å². The fraction of sp³-hybridized carbons (Fsp3) is 0.522.